The minimum absolute atomic E-state index is 0.0140. The Morgan fingerprint density at radius 2 is 1.51 bits per heavy atom. The van der Waals surface area contributed by atoms with Gasteiger partial charge in [0.2, 0.25) is 15.9 Å². The van der Waals surface area contributed by atoms with Crippen molar-refractivity contribution in [3.63, 3.8) is 0 Å². The standard InChI is InChI=1S/C26H25ClN2O5S/c27-22-13-9-20(10-14-22)21-11-15-23(16-12-21)35(33,34)29-24(26(31)32)7-4-18-28-25(30)17-8-19-5-2-1-3-6-19/h1-3,5-6,8-17,24,29H,4,7,18H2,(H,28,30)(H,31,32)/t24-/m0/s1. The van der Waals surface area contributed by atoms with E-state index in [9.17, 15) is 23.1 Å². The second-order valence-electron chi connectivity index (χ2n) is 7.72. The maximum Gasteiger partial charge on any atom is 0.321 e. The van der Waals surface area contributed by atoms with Crippen LogP contribution in [0.15, 0.2) is 89.8 Å². The van der Waals surface area contributed by atoms with E-state index < -0.39 is 22.0 Å². The monoisotopic (exact) mass is 512 g/mol. The van der Waals surface area contributed by atoms with Crippen molar-refractivity contribution in [1.82, 2.24) is 10.0 Å². The Balaban J connectivity index is 1.53. The van der Waals surface area contributed by atoms with Crippen molar-refractivity contribution >= 4 is 39.6 Å². The van der Waals surface area contributed by atoms with Crippen molar-refractivity contribution in [2.45, 2.75) is 23.8 Å². The fourth-order valence-corrected chi connectivity index (χ4v) is 4.62. The molecule has 3 aromatic carbocycles. The molecule has 0 bridgehead atoms. The van der Waals surface area contributed by atoms with Gasteiger partial charge in [0, 0.05) is 17.6 Å². The second kappa shape index (κ2) is 12.3. The highest BCUT2D eigenvalue weighted by molar-refractivity contribution is 7.89. The molecule has 9 heteroatoms. The van der Waals surface area contributed by atoms with Gasteiger partial charge in [0.15, 0.2) is 0 Å². The van der Waals surface area contributed by atoms with Crippen LogP contribution in [0, 0.1) is 0 Å². The van der Waals surface area contributed by atoms with Crippen molar-refractivity contribution in [2.24, 2.45) is 0 Å². The predicted octanol–water partition coefficient (Wildman–Crippen LogP) is 4.35. The molecule has 0 aliphatic rings. The molecular weight excluding hydrogens is 488 g/mol. The topological polar surface area (TPSA) is 113 Å². The highest BCUT2D eigenvalue weighted by Gasteiger charge is 2.25. The van der Waals surface area contributed by atoms with Gasteiger partial charge in [0.25, 0.3) is 0 Å². The first-order chi connectivity index (χ1) is 16.7. The summed E-state index contributed by atoms with van der Waals surface area (Å²) in [6.07, 6.45) is 3.35. The lowest BCUT2D eigenvalue weighted by Gasteiger charge is -2.15. The SMILES string of the molecule is O=C(C=Cc1ccccc1)NCCC[C@H](NS(=O)(=O)c1ccc(-c2ccc(Cl)cc2)cc1)C(=O)O. The zero-order valence-electron chi connectivity index (χ0n) is 18.7. The van der Waals surface area contributed by atoms with E-state index in [1.165, 1.54) is 18.2 Å². The highest BCUT2D eigenvalue weighted by Crippen LogP contribution is 2.23. The van der Waals surface area contributed by atoms with Crippen molar-refractivity contribution in [2.75, 3.05) is 6.54 Å². The Hall–Kier alpha value is -3.46. The molecule has 1 atom stereocenters. The van der Waals surface area contributed by atoms with Gasteiger partial charge >= 0.3 is 5.97 Å². The van der Waals surface area contributed by atoms with E-state index in [1.54, 1.807) is 30.3 Å². The number of carboxylic acid groups (broad SMARTS) is 1. The molecule has 0 saturated heterocycles. The van der Waals surface area contributed by atoms with Gasteiger partial charge in [-0.25, -0.2) is 8.42 Å². The molecular formula is C26H25ClN2O5S. The number of rotatable bonds is 11. The summed E-state index contributed by atoms with van der Waals surface area (Å²) in [4.78, 5) is 23.5. The van der Waals surface area contributed by atoms with Gasteiger partial charge in [0.1, 0.15) is 6.04 Å². The minimum atomic E-state index is -4.05. The molecule has 3 aromatic rings. The number of benzene rings is 3. The summed E-state index contributed by atoms with van der Waals surface area (Å²) in [7, 11) is -4.05. The van der Waals surface area contributed by atoms with Crippen molar-refractivity contribution in [3.8, 4) is 11.1 Å². The molecule has 0 saturated carbocycles. The third-order valence-corrected chi connectivity index (χ3v) is 6.87. The Labute approximate surface area is 209 Å². The van der Waals surface area contributed by atoms with E-state index in [-0.39, 0.29) is 30.2 Å². The summed E-state index contributed by atoms with van der Waals surface area (Å²) in [6.45, 7) is 0.208. The molecule has 1 amide bonds. The van der Waals surface area contributed by atoms with Gasteiger partial charge in [0.05, 0.1) is 4.90 Å². The number of halogens is 1. The van der Waals surface area contributed by atoms with Crippen LogP contribution in [0.5, 0.6) is 0 Å². The van der Waals surface area contributed by atoms with Gasteiger partial charge in [-0.2, -0.15) is 4.72 Å². The van der Waals surface area contributed by atoms with Crippen LogP contribution in [0.25, 0.3) is 17.2 Å². The number of carboxylic acids is 1. The average Bonchev–Trinajstić information content (AvgIpc) is 2.85. The third-order valence-electron chi connectivity index (χ3n) is 5.13. The summed E-state index contributed by atoms with van der Waals surface area (Å²) >= 11 is 5.90. The zero-order valence-corrected chi connectivity index (χ0v) is 20.3. The van der Waals surface area contributed by atoms with E-state index >= 15 is 0 Å². The fourth-order valence-electron chi connectivity index (χ4n) is 3.27. The van der Waals surface area contributed by atoms with Crippen LogP contribution in [0.3, 0.4) is 0 Å². The number of hydrogen-bond donors (Lipinski definition) is 3. The van der Waals surface area contributed by atoms with Crippen LogP contribution in [-0.4, -0.2) is 38.0 Å². The number of aliphatic carboxylic acids is 1. The molecule has 0 aromatic heterocycles. The molecule has 182 valence electrons. The molecule has 0 aliphatic carbocycles. The lowest BCUT2D eigenvalue weighted by atomic mass is 10.1. The summed E-state index contributed by atoms with van der Waals surface area (Å²) in [5.74, 6) is -1.61. The first-order valence-corrected chi connectivity index (χ1v) is 12.7. The Morgan fingerprint density at radius 3 is 2.11 bits per heavy atom. The van der Waals surface area contributed by atoms with E-state index in [4.69, 9.17) is 11.6 Å². The van der Waals surface area contributed by atoms with E-state index in [0.717, 1.165) is 16.7 Å². The minimum Gasteiger partial charge on any atom is -0.480 e. The fraction of sp³-hybridized carbons (Fsp3) is 0.154. The van der Waals surface area contributed by atoms with Gasteiger partial charge in [-0.15, -0.1) is 0 Å². The number of nitrogens with one attached hydrogen (secondary N) is 2. The molecule has 0 spiro atoms. The van der Waals surface area contributed by atoms with Gasteiger partial charge < -0.3 is 10.4 Å². The number of amides is 1. The summed E-state index contributed by atoms with van der Waals surface area (Å²) in [5, 5.41) is 12.7. The summed E-state index contributed by atoms with van der Waals surface area (Å²) in [6, 6.07) is 21.2. The third kappa shape index (κ3) is 8.06. The van der Waals surface area contributed by atoms with Crippen LogP contribution >= 0.6 is 11.6 Å². The smallest absolute Gasteiger partial charge is 0.321 e. The van der Waals surface area contributed by atoms with Crippen molar-refractivity contribution in [3.05, 3.63) is 95.5 Å². The second-order valence-corrected chi connectivity index (χ2v) is 9.87. The maximum atomic E-state index is 12.7. The first-order valence-electron chi connectivity index (χ1n) is 10.9. The molecule has 35 heavy (non-hydrogen) atoms. The molecule has 0 radical (unpaired) electrons. The average molecular weight is 513 g/mol. The Kier molecular flexibility index (Phi) is 9.19. The maximum absolute atomic E-state index is 12.7. The van der Waals surface area contributed by atoms with Gasteiger partial charge in [-0.05, 0) is 59.9 Å². The molecule has 0 fully saturated rings. The molecule has 3 N–H and O–H groups in total. The lowest BCUT2D eigenvalue weighted by Crippen LogP contribution is -2.41. The van der Waals surface area contributed by atoms with Crippen LogP contribution < -0.4 is 10.0 Å². The highest BCUT2D eigenvalue weighted by atomic mass is 35.5. The predicted molar refractivity (Wildman–Crippen MR) is 136 cm³/mol. The quantitative estimate of drug-likeness (QED) is 0.261. The number of hydrogen-bond acceptors (Lipinski definition) is 4. The van der Waals surface area contributed by atoms with Crippen molar-refractivity contribution in [1.29, 1.82) is 0 Å². The normalized spacial score (nSPS) is 12.4. The van der Waals surface area contributed by atoms with Crippen molar-refractivity contribution < 1.29 is 23.1 Å². The van der Waals surface area contributed by atoms with Crippen LogP contribution in [0.2, 0.25) is 5.02 Å². The number of sulfonamides is 1. The Bertz CT molecular complexity index is 1280. The largest absolute Gasteiger partial charge is 0.480 e. The summed E-state index contributed by atoms with van der Waals surface area (Å²) < 4.78 is 27.7. The van der Waals surface area contributed by atoms with E-state index in [1.807, 2.05) is 42.5 Å². The lowest BCUT2D eigenvalue weighted by molar-refractivity contribution is -0.139. The van der Waals surface area contributed by atoms with Crippen LogP contribution in [-0.2, 0) is 19.6 Å². The molecule has 7 nitrogen and oxygen atoms in total. The summed E-state index contributed by atoms with van der Waals surface area (Å²) in [5.41, 5.74) is 2.55. The molecule has 0 aliphatic heterocycles. The van der Waals surface area contributed by atoms with E-state index in [2.05, 4.69) is 10.0 Å². The zero-order chi connectivity index (χ0) is 25.3. The van der Waals surface area contributed by atoms with Gasteiger partial charge in [-0.1, -0.05) is 66.2 Å². The number of carbonyl (C=O) groups is 2. The number of carbonyl (C=O) groups excluding carboxylic acids is 1. The Morgan fingerprint density at radius 1 is 0.914 bits per heavy atom. The van der Waals surface area contributed by atoms with Crippen LogP contribution in [0.1, 0.15) is 18.4 Å². The first kappa shape index (κ1) is 26.2. The molecule has 0 heterocycles. The van der Waals surface area contributed by atoms with Crippen LogP contribution in [0.4, 0.5) is 0 Å². The molecule has 0 unspecified atom stereocenters. The van der Waals surface area contributed by atoms with E-state index in [0.29, 0.717) is 5.02 Å². The van der Waals surface area contributed by atoms with Gasteiger partial charge in [-0.3, -0.25) is 9.59 Å². The molecule has 3 rings (SSSR count).